The summed E-state index contributed by atoms with van der Waals surface area (Å²) in [5.74, 6) is 0.272. The van der Waals surface area contributed by atoms with Crippen molar-refractivity contribution in [3.63, 3.8) is 0 Å². The van der Waals surface area contributed by atoms with Crippen molar-refractivity contribution in [2.45, 2.75) is 66.0 Å². The van der Waals surface area contributed by atoms with Crippen LogP contribution in [0.15, 0.2) is 12.1 Å². The van der Waals surface area contributed by atoms with Crippen LogP contribution in [0.3, 0.4) is 0 Å². The molecular weight excluding hydrogens is 301 g/mol. The highest BCUT2D eigenvalue weighted by molar-refractivity contribution is 7.80. The minimum atomic E-state index is -1.34. The van der Waals surface area contributed by atoms with Crippen molar-refractivity contribution in [2.24, 2.45) is 0 Å². The molecule has 1 amide bonds. The van der Waals surface area contributed by atoms with E-state index < -0.39 is 7.26 Å². The number of anilines is 1. The Morgan fingerprint density at radius 3 is 2.04 bits per heavy atom. The minimum absolute atomic E-state index is 0.116. The van der Waals surface area contributed by atoms with Crippen molar-refractivity contribution in [3.05, 3.63) is 35.0 Å². The maximum Gasteiger partial charge on any atom is 0.265 e. The maximum absolute atomic E-state index is 13.3. The summed E-state index contributed by atoms with van der Waals surface area (Å²) in [5.41, 5.74) is 4.61. The molecule has 1 aromatic carbocycles. The molecule has 1 N–H and O–H groups in total. The van der Waals surface area contributed by atoms with Crippen LogP contribution in [-0.4, -0.2) is 23.4 Å². The van der Waals surface area contributed by atoms with E-state index in [4.69, 9.17) is 0 Å². The molecule has 1 aliphatic rings. The highest BCUT2D eigenvalue weighted by Gasteiger charge is 2.58. The predicted octanol–water partition coefficient (Wildman–Crippen LogP) is 5.71. The Kier molecular flexibility index (Phi) is 5.56. The Hall–Kier alpha value is -0.880. The summed E-state index contributed by atoms with van der Waals surface area (Å²) in [4.78, 5) is 13.3. The average Bonchev–Trinajstić information content (AvgIpc) is 2.46. The highest BCUT2D eigenvalue weighted by atomic mass is 31.2. The summed E-state index contributed by atoms with van der Waals surface area (Å²) in [5, 5.41) is 3.21. The van der Waals surface area contributed by atoms with Gasteiger partial charge in [0.05, 0.1) is 0 Å². The van der Waals surface area contributed by atoms with Crippen molar-refractivity contribution < 1.29 is 4.79 Å². The highest BCUT2D eigenvalue weighted by Crippen LogP contribution is 2.76. The fourth-order valence-corrected chi connectivity index (χ4v) is 8.98. The van der Waals surface area contributed by atoms with Gasteiger partial charge in [0.1, 0.15) is 5.16 Å². The largest absolute Gasteiger partial charge is 0.322 e. The molecule has 0 radical (unpaired) electrons. The van der Waals surface area contributed by atoms with E-state index in [1.165, 1.54) is 23.1 Å². The standard InChI is InChI=1S/C20H32NOP/c1-7-23(8-2,9-3)20(11-10-12-20)19(22)21-18-16(5)13-15(4)14-17(18)6/h7,13-14H,8-12H2,1-6H3,(H,21,22). The fourth-order valence-electron chi connectivity index (χ4n) is 4.43. The van der Waals surface area contributed by atoms with E-state index in [1.54, 1.807) is 0 Å². The van der Waals surface area contributed by atoms with Gasteiger partial charge in [-0.1, -0.05) is 17.7 Å². The second kappa shape index (κ2) is 6.93. The third-order valence-corrected chi connectivity index (χ3v) is 11.6. The van der Waals surface area contributed by atoms with Crippen LogP contribution in [0.4, 0.5) is 5.69 Å². The van der Waals surface area contributed by atoms with Crippen LogP contribution in [0.2, 0.25) is 0 Å². The van der Waals surface area contributed by atoms with E-state index in [9.17, 15) is 4.79 Å². The molecule has 0 bridgehead atoms. The lowest BCUT2D eigenvalue weighted by molar-refractivity contribution is -0.120. The molecule has 0 heterocycles. The summed E-state index contributed by atoms with van der Waals surface area (Å²) in [6, 6.07) is 4.31. The number of benzene rings is 1. The molecule has 0 atom stereocenters. The van der Waals surface area contributed by atoms with Crippen LogP contribution in [-0.2, 0) is 4.79 Å². The lowest BCUT2D eigenvalue weighted by Crippen LogP contribution is -2.51. The molecule has 2 nitrogen and oxygen atoms in total. The number of rotatable bonds is 6. The number of nitrogens with one attached hydrogen (secondary N) is 1. The molecule has 0 spiro atoms. The first-order valence-corrected chi connectivity index (χ1v) is 11.2. The lowest BCUT2D eigenvalue weighted by atomic mass is 9.83. The van der Waals surface area contributed by atoms with Crippen molar-refractivity contribution in [1.82, 2.24) is 0 Å². The number of carbonyl (C=O) groups is 1. The van der Waals surface area contributed by atoms with E-state index in [2.05, 4.69) is 65.2 Å². The van der Waals surface area contributed by atoms with Crippen LogP contribution in [0.1, 0.15) is 56.7 Å². The molecular formula is C20H32NOP. The molecule has 3 heteroatoms. The second-order valence-electron chi connectivity index (χ2n) is 7.04. The summed E-state index contributed by atoms with van der Waals surface area (Å²) >= 11 is 0. The van der Waals surface area contributed by atoms with Crippen LogP contribution >= 0.6 is 7.26 Å². The number of carbonyl (C=O) groups excluding carboxylic acids is 1. The number of amides is 1. The monoisotopic (exact) mass is 333 g/mol. The molecule has 1 saturated carbocycles. The Balaban J connectivity index is 2.35. The Morgan fingerprint density at radius 2 is 1.70 bits per heavy atom. The van der Waals surface area contributed by atoms with Gasteiger partial charge in [-0.25, -0.2) is 0 Å². The Bertz CT molecular complexity index is 554. The first-order chi connectivity index (χ1) is 10.9. The van der Waals surface area contributed by atoms with Gasteiger partial charge in [0.2, 0.25) is 0 Å². The molecule has 23 heavy (non-hydrogen) atoms. The fraction of sp³-hybridized carbons (Fsp3) is 0.600. The van der Waals surface area contributed by atoms with Gasteiger partial charge in [0.15, 0.2) is 0 Å². The summed E-state index contributed by atoms with van der Waals surface area (Å²) in [6.45, 7) is 13.0. The normalized spacial score (nSPS) is 16.8. The number of hydrogen-bond donors (Lipinski definition) is 1. The third kappa shape index (κ3) is 2.95. The molecule has 2 rings (SSSR count). The van der Waals surface area contributed by atoms with E-state index in [0.29, 0.717) is 0 Å². The van der Waals surface area contributed by atoms with Gasteiger partial charge in [-0.3, -0.25) is 4.79 Å². The van der Waals surface area contributed by atoms with Gasteiger partial charge in [-0.15, -0.1) is 7.26 Å². The lowest BCUT2D eigenvalue weighted by Gasteiger charge is -2.53. The van der Waals surface area contributed by atoms with E-state index in [0.717, 1.165) is 30.9 Å². The topological polar surface area (TPSA) is 29.1 Å². The zero-order valence-electron chi connectivity index (χ0n) is 15.6. The number of aryl methyl sites for hydroxylation is 3. The second-order valence-corrected chi connectivity index (χ2v) is 11.7. The molecule has 0 aliphatic heterocycles. The van der Waals surface area contributed by atoms with Crippen molar-refractivity contribution in [3.8, 4) is 0 Å². The molecule has 0 unspecified atom stereocenters. The van der Waals surface area contributed by atoms with Gasteiger partial charge in [-0.2, -0.15) is 13.1 Å². The molecule has 1 aliphatic carbocycles. The van der Waals surface area contributed by atoms with Gasteiger partial charge < -0.3 is 5.32 Å². The minimum Gasteiger partial charge on any atom is -0.322 e. The molecule has 0 saturated heterocycles. The van der Waals surface area contributed by atoms with E-state index in [1.807, 2.05) is 0 Å². The van der Waals surface area contributed by atoms with E-state index in [-0.39, 0.29) is 11.1 Å². The average molecular weight is 333 g/mol. The molecule has 128 valence electrons. The van der Waals surface area contributed by atoms with Gasteiger partial charge in [-0.05, 0) is 65.0 Å². The summed E-state index contributed by atoms with van der Waals surface area (Å²) in [6.07, 6.45) is 7.99. The zero-order valence-corrected chi connectivity index (χ0v) is 16.5. The zero-order chi connectivity index (χ0) is 17.3. The Morgan fingerprint density at radius 1 is 1.17 bits per heavy atom. The van der Waals surface area contributed by atoms with Crippen LogP contribution < -0.4 is 5.32 Å². The Labute approximate surface area is 142 Å². The quantitative estimate of drug-likeness (QED) is 0.524. The smallest absolute Gasteiger partial charge is 0.265 e. The van der Waals surface area contributed by atoms with Gasteiger partial charge >= 0.3 is 0 Å². The van der Waals surface area contributed by atoms with Gasteiger partial charge in [0, 0.05) is 18.0 Å². The van der Waals surface area contributed by atoms with Crippen molar-refractivity contribution >= 4 is 18.9 Å². The van der Waals surface area contributed by atoms with Crippen LogP contribution in [0.25, 0.3) is 0 Å². The third-order valence-electron chi connectivity index (χ3n) is 5.99. The molecule has 0 aromatic heterocycles. The SMILES string of the molecule is C[CH-][P+](CC)(CC)C1(C(=O)Nc2c(C)cc(C)cc2C)CCC1. The summed E-state index contributed by atoms with van der Waals surface area (Å²) < 4.78 is 0. The first kappa shape index (κ1) is 18.5. The van der Waals surface area contributed by atoms with Gasteiger partial charge in [0.25, 0.3) is 5.91 Å². The van der Waals surface area contributed by atoms with Crippen molar-refractivity contribution in [1.29, 1.82) is 0 Å². The number of hydrogen-bond acceptors (Lipinski definition) is 1. The van der Waals surface area contributed by atoms with Crippen LogP contribution in [0, 0.1) is 26.9 Å². The first-order valence-electron chi connectivity index (χ1n) is 8.92. The van der Waals surface area contributed by atoms with Crippen molar-refractivity contribution in [2.75, 3.05) is 17.6 Å². The maximum atomic E-state index is 13.3. The molecule has 1 aromatic rings. The predicted molar refractivity (Wildman–Crippen MR) is 104 cm³/mol. The summed E-state index contributed by atoms with van der Waals surface area (Å²) in [7, 11) is -1.34. The van der Waals surface area contributed by atoms with Crippen LogP contribution in [0.5, 0.6) is 0 Å². The van der Waals surface area contributed by atoms with E-state index >= 15 is 0 Å². The molecule has 1 fully saturated rings.